The molecule has 0 amide bonds. The number of hydrogen-bond donors (Lipinski definition) is 1. The first-order valence-electron chi connectivity index (χ1n) is 6.91. The maximum absolute atomic E-state index is 13.9. The molecule has 0 radical (unpaired) electrons. The molecule has 1 aliphatic rings. The molecule has 2 rings (SSSR count). The van der Waals surface area contributed by atoms with Crippen molar-refractivity contribution in [1.82, 2.24) is 4.31 Å². The molecule has 0 spiro atoms. The number of hydrogen-bond acceptors (Lipinski definition) is 5. The van der Waals surface area contributed by atoms with Crippen LogP contribution in [-0.2, 0) is 19.6 Å². The number of carbonyl (C=O) groups excluding carboxylic acids is 1. The smallest absolute Gasteiger partial charge is 0.340 e. The van der Waals surface area contributed by atoms with E-state index in [4.69, 9.17) is 0 Å². The summed E-state index contributed by atoms with van der Waals surface area (Å²) >= 11 is 0. The van der Waals surface area contributed by atoms with Crippen LogP contribution in [0.4, 0.5) is 4.39 Å². The van der Waals surface area contributed by atoms with Gasteiger partial charge in [-0.25, -0.2) is 17.6 Å². The monoisotopic (exact) mass is 345 g/mol. The number of benzene rings is 1. The van der Waals surface area contributed by atoms with Gasteiger partial charge in [0.05, 0.1) is 17.6 Å². The Labute approximate surface area is 132 Å². The molecule has 0 saturated carbocycles. The van der Waals surface area contributed by atoms with E-state index in [0.717, 1.165) is 23.5 Å². The average Bonchev–Trinajstić information content (AvgIpc) is 2.53. The van der Waals surface area contributed by atoms with Gasteiger partial charge in [0.25, 0.3) is 0 Å². The molecule has 0 aromatic heterocycles. The van der Waals surface area contributed by atoms with Crippen LogP contribution in [0.5, 0.6) is 0 Å². The molecule has 9 heteroatoms. The molecule has 0 aliphatic carbocycles. The number of rotatable bonds is 4. The van der Waals surface area contributed by atoms with Gasteiger partial charge in [0.15, 0.2) is 0 Å². The summed E-state index contributed by atoms with van der Waals surface area (Å²) in [6, 6.07) is 1.61. The average molecular weight is 345 g/mol. The van der Waals surface area contributed by atoms with Crippen molar-refractivity contribution in [2.24, 2.45) is 0 Å². The summed E-state index contributed by atoms with van der Waals surface area (Å²) in [6.07, 6.45) is 1.35. The third-order valence-electron chi connectivity index (χ3n) is 3.69. The first-order valence-corrected chi connectivity index (χ1v) is 8.35. The molecular weight excluding hydrogens is 329 g/mol. The van der Waals surface area contributed by atoms with E-state index in [1.165, 1.54) is 0 Å². The summed E-state index contributed by atoms with van der Waals surface area (Å²) in [5.41, 5.74) is -0.389. The fourth-order valence-electron chi connectivity index (χ4n) is 2.51. The van der Waals surface area contributed by atoms with Gasteiger partial charge in [-0.05, 0) is 37.5 Å². The van der Waals surface area contributed by atoms with Crippen LogP contribution >= 0.6 is 0 Å². The molecule has 1 aromatic carbocycles. The van der Waals surface area contributed by atoms with Gasteiger partial charge in [-0.15, -0.1) is 0 Å². The van der Waals surface area contributed by atoms with Crippen LogP contribution in [0.3, 0.4) is 0 Å². The fraction of sp³-hybridized carbons (Fsp3) is 0.429. The number of halogens is 1. The zero-order valence-electron chi connectivity index (χ0n) is 12.4. The molecule has 7 nitrogen and oxygen atoms in total. The van der Waals surface area contributed by atoms with E-state index in [2.05, 4.69) is 4.74 Å². The predicted molar refractivity (Wildman–Crippen MR) is 76.9 cm³/mol. The molecule has 1 heterocycles. The van der Waals surface area contributed by atoms with E-state index >= 15 is 0 Å². The number of aliphatic carboxylic acids is 1. The number of ether oxygens (including phenoxy) is 1. The third kappa shape index (κ3) is 3.35. The number of carboxylic acid groups (broad SMARTS) is 1. The van der Waals surface area contributed by atoms with Crippen molar-refractivity contribution in [1.29, 1.82) is 0 Å². The molecular formula is C14H16FNO6S. The summed E-state index contributed by atoms with van der Waals surface area (Å²) in [6.45, 7) is 0.0552. The highest BCUT2D eigenvalue weighted by atomic mass is 32.2. The lowest BCUT2D eigenvalue weighted by atomic mass is 10.1. The molecule has 0 bridgehead atoms. The van der Waals surface area contributed by atoms with Crippen LogP contribution in [0.15, 0.2) is 23.1 Å². The Hall–Kier alpha value is -2.00. The highest BCUT2D eigenvalue weighted by Gasteiger charge is 2.38. The van der Waals surface area contributed by atoms with Gasteiger partial charge in [-0.3, -0.25) is 4.79 Å². The second-order valence-corrected chi connectivity index (χ2v) is 6.99. The number of carbonyl (C=O) groups is 2. The van der Waals surface area contributed by atoms with Crippen molar-refractivity contribution >= 4 is 22.0 Å². The molecule has 1 saturated heterocycles. The van der Waals surface area contributed by atoms with Crippen molar-refractivity contribution in [2.45, 2.75) is 30.2 Å². The first-order chi connectivity index (χ1) is 10.8. The minimum absolute atomic E-state index is 0.0552. The maximum atomic E-state index is 13.9. The molecule has 1 unspecified atom stereocenters. The number of carboxylic acids is 1. The van der Waals surface area contributed by atoms with E-state index in [9.17, 15) is 27.5 Å². The summed E-state index contributed by atoms with van der Waals surface area (Å²) < 4.78 is 44.4. The van der Waals surface area contributed by atoms with Crippen LogP contribution in [0.1, 0.15) is 29.6 Å². The van der Waals surface area contributed by atoms with E-state index in [-0.39, 0.29) is 18.5 Å². The highest BCUT2D eigenvalue weighted by molar-refractivity contribution is 7.89. The number of sulfonamides is 1. The Morgan fingerprint density at radius 1 is 1.35 bits per heavy atom. The van der Waals surface area contributed by atoms with Gasteiger partial charge in [0, 0.05) is 6.54 Å². The van der Waals surface area contributed by atoms with Crippen molar-refractivity contribution in [3.05, 3.63) is 29.6 Å². The number of piperidine rings is 1. The van der Waals surface area contributed by atoms with Crippen LogP contribution in [0.25, 0.3) is 0 Å². The predicted octanol–water partition coefficient (Wildman–Crippen LogP) is 1.24. The number of nitrogens with zero attached hydrogens (tertiary/aromatic N) is 1. The summed E-state index contributed by atoms with van der Waals surface area (Å²) in [7, 11) is -3.09. The quantitative estimate of drug-likeness (QED) is 0.824. The molecule has 1 fully saturated rings. The second kappa shape index (κ2) is 6.63. The Kier molecular flexibility index (Phi) is 5.00. The molecule has 1 atom stereocenters. The molecule has 1 aliphatic heterocycles. The van der Waals surface area contributed by atoms with Crippen molar-refractivity contribution in [3.8, 4) is 0 Å². The van der Waals surface area contributed by atoms with E-state index < -0.39 is 38.7 Å². The zero-order chi connectivity index (χ0) is 17.2. The van der Waals surface area contributed by atoms with Crippen molar-refractivity contribution < 1.29 is 32.2 Å². The van der Waals surface area contributed by atoms with Crippen LogP contribution < -0.4 is 0 Å². The van der Waals surface area contributed by atoms with Gasteiger partial charge >= 0.3 is 11.9 Å². The topological polar surface area (TPSA) is 101 Å². The number of methoxy groups -OCH3 is 1. The van der Waals surface area contributed by atoms with Crippen LogP contribution in [0, 0.1) is 5.82 Å². The summed E-state index contributed by atoms with van der Waals surface area (Å²) in [4.78, 5) is 22.2. The maximum Gasteiger partial charge on any atom is 0.340 e. The van der Waals surface area contributed by atoms with Gasteiger partial charge in [0.2, 0.25) is 10.0 Å². The lowest BCUT2D eigenvalue weighted by Crippen LogP contribution is -2.47. The van der Waals surface area contributed by atoms with Gasteiger partial charge < -0.3 is 9.84 Å². The Bertz CT molecular complexity index is 733. The van der Waals surface area contributed by atoms with Crippen molar-refractivity contribution in [3.63, 3.8) is 0 Å². The summed E-state index contributed by atoms with van der Waals surface area (Å²) in [5, 5.41) is 9.18. The Morgan fingerprint density at radius 3 is 2.61 bits per heavy atom. The van der Waals surface area contributed by atoms with Gasteiger partial charge in [-0.1, -0.05) is 0 Å². The van der Waals surface area contributed by atoms with E-state index in [0.29, 0.717) is 18.9 Å². The minimum atomic E-state index is -4.17. The van der Waals surface area contributed by atoms with E-state index in [1.807, 2.05) is 0 Å². The van der Waals surface area contributed by atoms with Gasteiger partial charge in [0.1, 0.15) is 11.9 Å². The largest absolute Gasteiger partial charge is 0.480 e. The fourth-order valence-corrected chi connectivity index (χ4v) is 4.17. The minimum Gasteiger partial charge on any atom is -0.480 e. The first kappa shape index (κ1) is 17.4. The standard InChI is InChI=1S/C14H16FNO6S/c1-22-14(19)10-6-5-9(8-11(10)15)23(20,21)16-7-3-2-4-12(16)13(17)18/h5-6,8,12H,2-4,7H2,1H3,(H,17,18). The van der Waals surface area contributed by atoms with Crippen LogP contribution in [-0.4, -0.2) is 49.5 Å². The zero-order valence-corrected chi connectivity index (χ0v) is 13.2. The molecule has 1 N–H and O–H groups in total. The molecule has 1 aromatic rings. The lowest BCUT2D eigenvalue weighted by molar-refractivity contribution is -0.142. The highest BCUT2D eigenvalue weighted by Crippen LogP contribution is 2.26. The molecule has 23 heavy (non-hydrogen) atoms. The lowest BCUT2D eigenvalue weighted by Gasteiger charge is -2.31. The Morgan fingerprint density at radius 2 is 2.04 bits per heavy atom. The SMILES string of the molecule is COC(=O)c1ccc(S(=O)(=O)N2CCCCC2C(=O)O)cc1F. The molecule has 126 valence electrons. The normalized spacial score (nSPS) is 19.3. The van der Waals surface area contributed by atoms with E-state index in [1.54, 1.807) is 0 Å². The number of esters is 1. The Balaban J connectivity index is 2.41. The van der Waals surface area contributed by atoms with Gasteiger partial charge in [-0.2, -0.15) is 4.31 Å². The second-order valence-electron chi connectivity index (χ2n) is 5.10. The van der Waals surface area contributed by atoms with Crippen LogP contribution in [0.2, 0.25) is 0 Å². The summed E-state index contributed by atoms with van der Waals surface area (Å²) in [5.74, 6) is -3.20. The van der Waals surface area contributed by atoms with Crippen molar-refractivity contribution in [2.75, 3.05) is 13.7 Å². The third-order valence-corrected chi connectivity index (χ3v) is 5.60.